The SMILES string of the molecule is CCOP1(=O)N=C(C2C(=O)N(CCC(C)(C)C)C3(CCCC3)C2=O)Nc2ccc(NS(C)(=O)=O)cc21. The van der Waals surface area contributed by atoms with E-state index in [9.17, 15) is 22.6 Å². The van der Waals surface area contributed by atoms with Crippen molar-refractivity contribution in [3.05, 3.63) is 18.2 Å². The number of rotatable bonds is 7. The van der Waals surface area contributed by atoms with Gasteiger partial charge in [-0.1, -0.05) is 33.6 Å². The molecule has 1 saturated carbocycles. The first-order valence-corrected chi connectivity index (χ1v) is 15.8. The summed E-state index contributed by atoms with van der Waals surface area (Å²) in [5.41, 5.74) is -0.285. The van der Waals surface area contributed by atoms with E-state index in [1.165, 1.54) is 12.1 Å². The first-order valence-electron chi connectivity index (χ1n) is 12.3. The number of benzene rings is 1. The maximum absolute atomic E-state index is 13.9. The van der Waals surface area contributed by atoms with Gasteiger partial charge in [-0.3, -0.25) is 18.9 Å². The number of anilines is 2. The lowest BCUT2D eigenvalue weighted by molar-refractivity contribution is -0.133. The highest BCUT2D eigenvalue weighted by molar-refractivity contribution is 7.92. The normalized spacial score (nSPS) is 25.6. The van der Waals surface area contributed by atoms with Gasteiger partial charge in [0.2, 0.25) is 15.9 Å². The second kappa shape index (κ2) is 9.26. The number of amidine groups is 1. The largest absolute Gasteiger partial charge is 0.348 e. The lowest BCUT2D eigenvalue weighted by Crippen LogP contribution is -2.48. The van der Waals surface area contributed by atoms with Crippen molar-refractivity contribution in [2.45, 2.75) is 65.3 Å². The molecule has 1 spiro atoms. The fourth-order valence-corrected chi connectivity index (χ4v) is 7.68. The van der Waals surface area contributed by atoms with E-state index in [0.29, 0.717) is 25.1 Å². The van der Waals surface area contributed by atoms with Crippen molar-refractivity contribution in [2.24, 2.45) is 16.1 Å². The third-order valence-corrected chi connectivity index (χ3v) is 9.62. The maximum atomic E-state index is 13.9. The number of nitrogens with one attached hydrogen (secondary N) is 2. The maximum Gasteiger partial charge on any atom is 0.348 e. The number of fused-ring (bicyclic) bond motifs is 1. The van der Waals surface area contributed by atoms with E-state index in [4.69, 9.17) is 4.52 Å². The van der Waals surface area contributed by atoms with Crippen molar-refractivity contribution < 1.29 is 27.1 Å². The van der Waals surface area contributed by atoms with Crippen molar-refractivity contribution in [3.63, 3.8) is 0 Å². The van der Waals surface area contributed by atoms with Crippen molar-refractivity contribution in [1.29, 1.82) is 0 Å². The van der Waals surface area contributed by atoms with Crippen molar-refractivity contribution in [1.82, 2.24) is 4.90 Å². The second-order valence-electron chi connectivity index (χ2n) is 11.0. The van der Waals surface area contributed by atoms with Gasteiger partial charge in [-0.15, -0.1) is 0 Å². The molecule has 10 nitrogen and oxygen atoms in total. The fraction of sp³-hybridized carbons (Fsp3) is 0.625. The average molecular weight is 539 g/mol. The third-order valence-electron chi connectivity index (χ3n) is 6.95. The summed E-state index contributed by atoms with van der Waals surface area (Å²) in [6.45, 7) is 8.52. The van der Waals surface area contributed by atoms with Gasteiger partial charge in [0.1, 0.15) is 11.4 Å². The monoisotopic (exact) mass is 538 g/mol. The Kier molecular flexibility index (Phi) is 6.90. The molecule has 1 saturated heterocycles. The van der Waals surface area contributed by atoms with Crippen LogP contribution in [-0.4, -0.2) is 55.8 Å². The smallest absolute Gasteiger partial charge is 0.342 e. The van der Waals surface area contributed by atoms with Crippen LogP contribution in [0, 0.1) is 11.3 Å². The number of ketones is 1. The van der Waals surface area contributed by atoms with Crippen LogP contribution in [-0.2, 0) is 28.7 Å². The van der Waals surface area contributed by atoms with Crippen LogP contribution in [0.3, 0.4) is 0 Å². The molecule has 2 aliphatic heterocycles. The molecule has 1 amide bonds. The molecule has 2 N–H and O–H groups in total. The molecule has 0 bridgehead atoms. The number of nitrogens with zero attached hydrogens (tertiary/aromatic N) is 2. The molecule has 4 rings (SSSR count). The molecular weight excluding hydrogens is 503 g/mol. The minimum absolute atomic E-state index is 0.0108. The highest BCUT2D eigenvalue weighted by Crippen LogP contribution is 2.53. The Balaban J connectivity index is 1.74. The van der Waals surface area contributed by atoms with E-state index in [1.807, 2.05) is 0 Å². The van der Waals surface area contributed by atoms with Gasteiger partial charge in [-0.2, -0.15) is 4.76 Å². The molecule has 0 aromatic heterocycles. The number of amides is 1. The lowest BCUT2D eigenvalue weighted by Gasteiger charge is -2.35. The molecule has 1 aliphatic carbocycles. The number of hydrogen-bond donors (Lipinski definition) is 2. The Labute approximate surface area is 212 Å². The third kappa shape index (κ3) is 4.97. The van der Waals surface area contributed by atoms with Crippen LogP contribution in [0.15, 0.2) is 23.0 Å². The Morgan fingerprint density at radius 3 is 2.50 bits per heavy atom. The fourth-order valence-electron chi connectivity index (χ4n) is 5.28. The van der Waals surface area contributed by atoms with Gasteiger partial charge >= 0.3 is 7.52 Å². The van der Waals surface area contributed by atoms with Crippen LogP contribution in [0.5, 0.6) is 0 Å². The summed E-state index contributed by atoms with van der Waals surface area (Å²) in [7, 11) is -7.45. The number of hydrogen-bond acceptors (Lipinski definition) is 7. The van der Waals surface area contributed by atoms with Crippen LogP contribution >= 0.6 is 7.52 Å². The van der Waals surface area contributed by atoms with E-state index in [1.54, 1.807) is 17.9 Å². The van der Waals surface area contributed by atoms with E-state index < -0.39 is 29.0 Å². The van der Waals surface area contributed by atoms with Gasteiger partial charge in [-0.05, 0) is 49.8 Å². The quantitative estimate of drug-likeness (QED) is 0.401. The number of sulfonamides is 1. The van der Waals surface area contributed by atoms with Crippen molar-refractivity contribution >= 4 is 51.7 Å². The summed E-state index contributed by atoms with van der Waals surface area (Å²) in [4.78, 5) is 29.4. The van der Waals surface area contributed by atoms with Gasteiger partial charge in [0.05, 0.1) is 23.9 Å². The first kappa shape index (κ1) is 26.8. The standard InChI is InChI=1S/C24H35N4O6PS/c1-6-34-35(31)18-15-16(27-36(5,32)33)9-10-17(18)25-21(26-35)19-20(29)24(11-7-8-12-24)28(22(19)30)14-13-23(2,3)4/h9-10,15,19,27H,6-8,11-14H2,1-5H3,(H,25,26,31). The Bertz CT molecular complexity index is 1260. The van der Waals surface area contributed by atoms with Crippen LogP contribution in [0.2, 0.25) is 0 Å². The van der Waals surface area contributed by atoms with Crippen molar-refractivity contribution in [2.75, 3.05) is 29.4 Å². The summed E-state index contributed by atoms with van der Waals surface area (Å²) >= 11 is 0. The van der Waals surface area contributed by atoms with Crippen LogP contribution in [0.25, 0.3) is 0 Å². The molecule has 2 atom stereocenters. The Hall–Kier alpha value is -2.23. The molecule has 198 valence electrons. The summed E-state index contributed by atoms with van der Waals surface area (Å²) in [5, 5.41) is 3.24. The summed E-state index contributed by atoms with van der Waals surface area (Å²) in [6, 6.07) is 4.47. The minimum Gasteiger partial charge on any atom is -0.342 e. The molecular formula is C24H35N4O6PS. The Morgan fingerprint density at radius 2 is 1.92 bits per heavy atom. The zero-order chi connectivity index (χ0) is 26.5. The number of Topliss-reactive ketones (excluding diaryl/α,β-unsaturated/α-hetero) is 1. The van der Waals surface area contributed by atoms with E-state index in [0.717, 1.165) is 25.5 Å². The molecule has 2 heterocycles. The molecule has 36 heavy (non-hydrogen) atoms. The molecule has 12 heteroatoms. The molecule has 1 aromatic rings. The number of likely N-dealkylation sites (tertiary alicyclic amines) is 1. The zero-order valence-electron chi connectivity index (χ0n) is 21.5. The minimum atomic E-state index is -3.89. The number of carbonyl (C=O) groups excluding carboxylic acids is 2. The Morgan fingerprint density at radius 1 is 1.25 bits per heavy atom. The molecule has 2 unspecified atom stereocenters. The van der Waals surface area contributed by atoms with E-state index in [2.05, 4.69) is 35.6 Å². The molecule has 3 aliphatic rings. The highest BCUT2D eigenvalue weighted by Gasteiger charge is 2.61. The second-order valence-corrected chi connectivity index (χ2v) is 14.7. The molecule has 2 fully saturated rings. The molecule has 1 aromatic carbocycles. The van der Waals surface area contributed by atoms with Crippen LogP contribution in [0.4, 0.5) is 11.4 Å². The molecule has 0 radical (unpaired) electrons. The highest BCUT2D eigenvalue weighted by atomic mass is 32.2. The van der Waals surface area contributed by atoms with Gasteiger partial charge in [-0.25, -0.2) is 8.42 Å². The predicted molar refractivity (Wildman–Crippen MR) is 140 cm³/mol. The van der Waals surface area contributed by atoms with Gasteiger partial charge in [0.25, 0.3) is 0 Å². The first-order chi connectivity index (χ1) is 16.7. The van der Waals surface area contributed by atoms with Gasteiger partial charge in [0, 0.05) is 12.2 Å². The van der Waals surface area contributed by atoms with Crippen molar-refractivity contribution in [3.8, 4) is 0 Å². The van der Waals surface area contributed by atoms with E-state index in [-0.39, 0.29) is 40.5 Å². The summed E-state index contributed by atoms with van der Waals surface area (Å²) in [5.74, 6) is -1.67. The average Bonchev–Trinajstić information content (AvgIpc) is 3.30. The summed E-state index contributed by atoms with van der Waals surface area (Å²) < 4.78 is 49.6. The zero-order valence-corrected chi connectivity index (χ0v) is 23.2. The summed E-state index contributed by atoms with van der Waals surface area (Å²) in [6.07, 6.45) is 4.74. The van der Waals surface area contributed by atoms with Crippen LogP contribution in [0.1, 0.15) is 59.8 Å². The van der Waals surface area contributed by atoms with Gasteiger partial charge in [0.15, 0.2) is 11.7 Å². The van der Waals surface area contributed by atoms with Gasteiger partial charge < -0.3 is 14.7 Å². The lowest BCUT2D eigenvalue weighted by atomic mass is 9.87. The predicted octanol–water partition coefficient (Wildman–Crippen LogP) is 3.51. The van der Waals surface area contributed by atoms with E-state index >= 15 is 0 Å². The van der Waals surface area contributed by atoms with Crippen LogP contribution < -0.4 is 15.3 Å². The topological polar surface area (TPSA) is 134 Å². The number of carbonyl (C=O) groups is 2.